The fourth-order valence-corrected chi connectivity index (χ4v) is 4.23. The molecule has 0 spiro atoms. The molecule has 2 aromatic rings. The Morgan fingerprint density at radius 3 is 2.15 bits per heavy atom. The first-order valence-corrected chi connectivity index (χ1v) is 11.5. The van der Waals surface area contributed by atoms with Crippen LogP contribution in [0.2, 0.25) is 0 Å². The number of carboxylic acids is 1. The van der Waals surface area contributed by atoms with Crippen molar-refractivity contribution in [2.45, 2.75) is 44.8 Å². The molecule has 3 rings (SSSR count). The molecule has 3 atom stereocenters. The monoisotopic (exact) mass is 468 g/mol. The molecule has 2 amide bonds. The quantitative estimate of drug-likeness (QED) is 0.465. The second kappa shape index (κ2) is 11.7. The van der Waals surface area contributed by atoms with Gasteiger partial charge in [-0.2, -0.15) is 0 Å². The van der Waals surface area contributed by atoms with E-state index in [1.807, 2.05) is 50.2 Å². The van der Waals surface area contributed by atoms with Crippen molar-refractivity contribution in [2.75, 3.05) is 20.3 Å². The van der Waals surface area contributed by atoms with Gasteiger partial charge in [-0.1, -0.05) is 68.8 Å². The van der Waals surface area contributed by atoms with Crippen molar-refractivity contribution >= 4 is 18.0 Å². The zero-order valence-electron chi connectivity index (χ0n) is 19.7. The molecule has 2 unspecified atom stereocenters. The summed E-state index contributed by atoms with van der Waals surface area (Å²) in [5, 5.41) is 14.3. The number of alkyl carbamates (subject to hydrolysis) is 1. The molecule has 3 N–H and O–H groups in total. The maximum absolute atomic E-state index is 12.8. The fraction of sp³-hybridized carbons (Fsp3) is 0.423. The molecule has 34 heavy (non-hydrogen) atoms. The molecule has 1 aliphatic rings. The topological polar surface area (TPSA) is 114 Å². The molecule has 8 heteroatoms. The van der Waals surface area contributed by atoms with Crippen molar-refractivity contribution in [2.24, 2.45) is 5.92 Å². The van der Waals surface area contributed by atoms with Crippen molar-refractivity contribution in [3.8, 4) is 11.1 Å². The molecule has 0 fully saturated rings. The molecular weight excluding hydrogens is 436 g/mol. The van der Waals surface area contributed by atoms with Crippen LogP contribution in [0.1, 0.15) is 43.7 Å². The second-order valence-corrected chi connectivity index (χ2v) is 8.53. The van der Waals surface area contributed by atoms with Gasteiger partial charge in [0.05, 0.1) is 12.5 Å². The number of hydrogen-bond donors (Lipinski definition) is 3. The average molecular weight is 469 g/mol. The van der Waals surface area contributed by atoms with Crippen molar-refractivity contribution in [1.82, 2.24) is 10.6 Å². The largest absolute Gasteiger partial charge is 0.481 e. The normalized spacial score (nSPS) is 14.9. The number of carbonyl (C=O) groups is 3. The minimum Gasteiger partial charge on any atom is -0.481 e. The van der Waals surface area contributed by atoms with E-state index in [9.17, 15) is 14.4 Å². The molecule has 0 radical (unpaired) electrons. The number of fused-ring (bicyclic) bond motifs is 3. The van der Waals surface area contributed by atoms with Gasteiger partial charge in [0, 0.05) is 19.6 Å². The van der Waals surface area contributed by atoms with Crippen molar-refractivity contribution in [3.63, 3.8) is 0 Å². The number of rotatable bonds is 11. The highest BCUT2D eigenvalue weighted by molar-refractivity contribution is 5.86. The van der Waals surface area contributed by atoms with E-state index in [-0.39, 0.29) is 31.4 Å². The van der Waals surface area contributed by atoms with E-state index in [0.717, 1.165) is 22.3 Å². The minimum atomic E-state index is -1.02. The van der Waals surface area contributed by atoms with E-state index >= 15 is 0 Å². The van der Waals surface area contributed by atoms with E-state index in [4.69, 9.17) is 14.6 Å². The summed E-state index contributed by atoms with van der Waals surface area (Å²) in [4.78, 5) is 36.4. The molecule has 182 valence electrons. The van der Waals surface area contributed by atoms with Crippen LogP contribution >= 0.6 is 0 Å². The lowest BCUT2D eigenvalue weighted by molar-refractivity contribution is -0.140. The lowest BCUT2D eigenvalue weighted by atomic mass is 9.98. The van der Waals surface area contributed by atoms with Crippen molar-refractivity contribution < 1.29 is 29.0 Å². The van der Waals surface area contributed by atoms with Gasteiger partial charge in [-0.25, -0.2) is 4.79 Å². The zero-order chi connectivity index (χ0) is 24.7. The SMILES string of the molecule is CCC(C)[C@H](NC(=O)OCC1c2ccccc2-c2ccccc21)C(=O)NCC(CC(=O)O)OC. The van der Waals surface area contributed by atoms with Gasteiger partial charge in [0.25, 0.3) is 0 Å². The van der Waals surface area contributed by atoms with Gasteiger partial charge >= 0.3 is 12.1 Å². The first-order chi connectivity index (χ1) is 16.3. The predicted octanol–water partition coefficient (Wildman–Crippen LogP) is 3.55. The van der Waals surface area contributed by atoms with Crippen LogP contribution in [0.15, 0.2) is 48.5 Å². The molecular formula is C26H32N2O6. The fourth-order valence-electron chi connectivity index (χ4n) is 4.23. The molecule has 0 aromatic heterocycles. The van der Waals surface area contributed by atoms with E-state index < -0.39 is 30.1 Å². The Labute approximate surface area is 199 Å². The Morgan fingerprint density at radius 2 is 1.62 bits per heavy atom. The zero-order valence-corrected chi connectivity index (χ0v) is 19.7. The van der Waals surface area contributed by atoms with Crippen LogP contribution < -0.4 is 10.6 Å². The standard InChI is InChI=1S/C26H32N2O6/c1-4-16(2)24(25(31)27-14-17(33-3)13-23(29)30)28-26(32)34-15-22-20-11-7-5-9-18(20)19-10-6-8-12-21(19)22/h5-12,16-17,22,24H,4,13-15H2,1-3H3,(H,27,31)(H,28,32)(H,29,30)/t16?,17?,24-/m0/s1. The molecule has 0 bridgehead atoms. The molecule has 0 saturated heterocycles. The van der Waals surface area contributed by atoms with Gasteiger partial charge in [0.2, 0.25) is 5.91 Å². The van der Waals surface area contributed by atoms with Crippen LogP contribution in [0.4, 0.5) is 4.79 Å². The summed E-state index contributed by atoms with van der Waals surface area (Å²) in [6, 6.07) is 15.3. The van der Waals surface area contributed by atoms with Crippen LogP contribution in [0.5, 0.6) is 0 Å². The van der Waals surface area contributed by atoms with E-state index in [1.165, 1.54) is 7.11 Å². The summed E-state index contributed by atoms with van der Waals surface area (Å²) < 4.78 is 10.7. The molecule has 1 aliphatic carbocycles. The Kier molecular flexibility index (Phi) is 8.65. The van der Waals surface area contributed by atoms with Crippen molar-refractivity contribution in [3.05, 3.63) is 59.7 Å². The maximum atomic E-state index is 12.8. The van der Waals surface area contributed by atoms with Gasteiger partial charge in [-0.05, 0) is 28.2 Å². The summed E-state index contributed by atoms with van der Waals surface area (Å²) in [6.45, 7) is 3.96. The number of methoxy groups -OCH3 is 1. The third-order valence-corrected chi connectivity index (χ3v) is 6.35. The third kappa shape index (κ3) is 5.94. The Hall–Kier alpha value is -3.39. The number of nitrogens with one attached hydrogen (secondary N) is 2. The number of benzene rings is 2. The highest BCUT2D eigenvalue weighted by Gasteiger charge is 2.31. The van der Waals surface area contributed by atoms with Crippen LogP contribution in [0, 0.1) is 5.92 Å². The van der Waals surface area contributed by atoms with E-state index in [0.29, 0.717) is 6.42 Å². The van der Waals surface area contributed by atoms with Gasteiger partial charge in [0.15, 0.2) is 0 Å². The highest BCUT2D eigenvalue weighted by Crippen LogP contribution is 2.44. The van der Waals surface area contributed by atoms with Crippen molar-refractivity contribution in [1.29, 1.82) is 0 Å². The summed E-state index contributed by atoms with van der Waals surface area (Å²) >= 11 is 0. The Morgan fingerprint density at radius 1 is 1.03 bits per heavy atom. The molecule has 0 saturated carbocycles. The summed E-state index contributed by atoms with van der Waals surface area (Å²) in [7, 11) is 1.39. The first kappa shape index (κ1) is 25.2. The molecule has 2 aromatic carbocycles. The number of carbonyl (C=O) groups excluding carboxylic acids is 2. The van der Waals surface area contributed by atoms with Crippen LogP contribution in [-0.4, -0.2) is 55.5 Å². The summed E-state index contributed by atoms with van der Waals surface area (Å²) in [6.07, 6.45) is -0.903. The minimum absolute atomic E-state index is 0.0287. The van der Waals surface area contributed by atoms with Crippen LogP contribution in [-0.2, 0) is 19.1 Å². The lowest BCUT2D eigenvalue weighted by Gasteiger charge is -2.24. The molecule has 0 aliphatic heterocycles. The predicted molar refractivity (Wildman–Crippen MR) is 128 cm³/mol. The van der Waals surface area contributed by atoms with Crippen LogP contribution in [0.25, 0.3) is 11.1 Å². The number of hydrogen-bond acceptors (Lipinski definition) is 5. The van der Waals surface area contributed by atoms with Gasteiger partial charge < -0.3 is 25.2 Å². The molecule has 0 heterocycles. The van der Waals surface area contributed by atoms with Gasteiger partial charge in [-0.3, -0.25) is 9.59 Å². The molecule has 8 nitrogen and oxygen atoms in total. The van der Waals surface area contributed by atoms with Gasteiger partial charge in [0.1, 0.15) is 12.6 Å². The number of amides is 2. The average Bonchev–Trinajstić information content (AvgIpc) is 3.16. The number of ether oxygens (including phenoxy) is 2. The maximum Gasteiger partial charge on any atom is 0.407 e. The number of aliphatic carboxylic acids is 1. The van der Waals surface area contributed by atoms with E-state index in [1.54, 1.807) is 0 Å². The summed E-state index contributed by atoms with van der Waals surface area (Å²) in [5.41, 5.74) is 4.49. The highest BCUT2D eigenvalue weighted by atomic mass is 16.5. The van der Waals surface area contributed by atoms with Crippen LogP contribution in [0.3, 0.4) is 0 Å². The lowest BCUT2D eigenvalue weighted by Crippen LogP contribution is -2.51. The second-order valence-electron chi connectivity index (χ2n) is 8.53. The summed E-state index contributed by atoms with van der Waals surface area (Å²) in [5.74, 6) is -1.65. The Balaban J connectivity index is 1.62. The van der Waals surface area contributed by atoms with E-state index in [2.05, 4.69) is 22.8 Å². The smallest absolute Gasteiger partial charge is 0.407 e. The third-order valence-electron chi connectivity index (χ3n) is 6.35. The van der Waals surface area contributed by atoms with Gasteiger partial charge in [-0.15, -0.1) is 0 Å². The first-order valence-electron chi connectivity index (χ1n) is 11.5. The number of carboxylic acid groups (broad SMARTS) is 1. The Bertz CT molecular complexity index is 978.